The van der Waals surface area contributed by atoms with Crippen LogP contribution >= 0.6 is 0 Å². The number of amides is 3. The van der Waals surface area contributed by atoms with E-state index < -0.39 is 5.69 Å². The van der Waals surface area contributed by atoms with Crippen LogP contribution in [-0.4, -0.2) is 145 Å². The lowest BCUT2D eigenvalue weighted by Gasteiger charge is -2.20. The molecule has 27 heteroatoms. The van der Waals surface area contributed by atoms with Gasteiger partial charge in [-0.2, -0.15) is 20.3 Å². The third-order valence-corrected chi connectivity index (χ3v) is 17.6. The third kappa shape index (κ3) is 17.0. The number of fused-ring (bicyclic) bond motifs is 3. The number of para-hydroxylation sites is 3. The predicted molar refractivity (Wildman–Crippen MR) is 393 cm³/mol. The standard InChI is InChI=1S/C27H30N6O3.C26H28N6O3.C23H24N6O3/c1-3-7-23(34)32(2)15-22-14-19(16-35-22)33-27-24(26(28)29-17-30-27)25(31-33)18-10-12-21(13-11-18)36-20-8-5-4-6-9-20;1-2-6-22(33)28-14-21-13-18(15-34-21)32-26-23(25(27)29-16-30-26)24(31-32)17-9-11-20(12-10-17)35-19-7-4-3-5-8-19;1-3-28(15(2)30)13-14-29-22-19(21(24)25-23(31)26-22)20(27-29)16-9-11-18(12-10-16)32-17-7-5-4-6-8-17/h4-6,8-13,17,19,22H,3,7,14-16H2,1-2H3,(H2,28,29,30);3-5,7-12,16,18,21H,2,6,13-15H2,1H3,(H,28,33)(H2,27,29,30);4-12H,3,13-14H2,1-2H3,(H3,24,25,26,31). The first kappa shape index (κ1) is 70.8. The molecule has 8 heterocycles. The van der Waals surface area contributed by atoms with Crippen molar-refractivity contribution in [3.05, 3.63) is 187 Å². The quantitative estimate of drug-likeness (QED) is 0.0397. The number of anilines is 3. The zero-order chi connectivity index (χ0) is 71.9. The molecule has 4 atom stereocenters. The van der Waals surface area contributed by atoms with Gasteiger partial charge in [0, 0.05) is 82.5 Å². The van der Waals surface area contributed by atoms with E-state index in [4.69, 9.17) is 51.1 Å². The van der Waals surface area contributed by atoms with Gasteiger partial charge >= 0.3 is 5.69 Å². The van der Waals surface area contributed by atoms with Crippen molar-refractivity contribution in [1.29, 1.82) is 0 Å². The van der Waals surface area contributed by atoms with E-state index in [0.717, 1.165) is 71.1 Å². The summed E-state index contributed by atoms with van der Waals surface area (Å²) in [5, 5.41) is 19.4. The molecular weight excluding hydrogens is 1310 g/mol. The Bertz CT molecular complexity index is 4920. The summed E-state index contributed by atoms with van der Waals surface area (Å²) in [6, 6.07) is 51.6. The maximum absolute atomic E-state index is 12.2. The molecule has 6 aromatic carbocycles. The number of nitrogens with zero attached hydrogens (tertiary/aromatic N) is 13. The van der Waals surface area contributed by atoms with Crippen molar-refractivity contribution in [1.82, 2.24) is 74.4 Å². The highest BCUT2D eigenvalue weighted by molar-refractivity contribution is 6.00. The monoisotopic (exact) mass is 1390 g/mol. The molecule has 27 nitrogen and oxygen atoms in total. The van der Waals surface area contributed by atoms with Crippen molar-refractivity contribution in [2.75, 3.05) is 63.6 Å². The van der Waals surface area contributed by atoms with Crippen LogP contribution < -0.4 is 42.4 Å². The molecule has 0 aliphatic carbocycles. The molecule has 0 spiro atoms. The van der Waals surface area contributed by atoms with E-state index in [1.807, 2.05) is 201 Å². The first-order valence-corrected chi connectivity index (χ1v) is 34.3. The van der Waals surface area contributed by atoms with Crippen LogP contribution in [0.4, 0.5) is 17.5 Å². The summed E-state index contributed by atoms with van der Waals surface area (Å²) in [6.45, 7) is 10.9. The van der Waals surface area contributed by atoms with Gasteiger partial charge < -0.3 is 56.0 Å². The molecule has 12 aromatic rings. The van der Waals surface area contributed by atoms with E-state index >= 15 is 0 Å². The minimum atomic E-state index is -0.548. The molecule has 530 valence electrons. The van der Waals surface area contributed by atoms with E-state index in [9.17, 15) is 19.2 Å². The van der Waals surface area contributed by atoms with Gasteiger partial charge in [-0.15, -0.1) is 0 Å². The van der Waals surface area contributed by atoms with Crippen molar-refractivity contribution in [2.24, 2.45) is 0 Å². The zero-order valence-corrected chi connectivity index (χ0v) is 58.0. The average Bonchev–Trinajstić information content (AvgIpc) is 1.63. The van der Waals surface area contributed by atoms with E-state index in [1.54, 1.807) is 14.5 Å². The van der Waals surface area contributed by atoms with Crippen molar-refractivity contribution < 1.29 is 38.1 Å². The van der Waals surface area contributed by atoms with Crippen LogP contribution in [0.2, 0.25) is 0 Å². The number of hydrogen-bond acceptors (Lipinski definition) is 20. The molecule has 2 aliphatic heterocycles. The normalized spacial score (nSPS) is 15.4. The molecular formula is C76H82N18O9. The Morgan fingerprint density at radius 2 is 1.00 bits per heavy atom. The largest absolute Gasteiger partial charge is 0.457 e. The highest BCUT2D eigenvalue weighted by atomic mass is 16.5. The third-order valence-electron chi connectivity index (χ3n) is 17.6. The first-order valence-electron chi connectivity index (χ1n) is 34.3. The molecule has 0 bridgehead atoms. The SMILES string of the molecule is CCCC(=O)N(C)CC1CC(n2nc(-c3ccc(Oc4ccccc4)cc3)c3c(N)ncnc32)CO1.CCCC(=O)NCC1CC(n2nc(-c3ccc(Oc4ccccc4)cc3)c3c(N)ncnc32)CO1.CCN(CCn1nc(-c2ccc(Oc3ccccc3)cc2)c2c(N)[nH]c(=O)nc21)C(C)=O. The molecule has 3 amide bonds. The Morgan fingerprint density at radius 1 is 0.563 bits per heavy atom. The van der Waals surface area contributed by atoms with Crippen LogP contribution in [-0.2, 0) is 30.4 Å². The summed E-state index contributed by atoms with van der Waals surface area (Å²) in [5.74, 6) is 5.54. The number of hydrogen-bond donors (Lipinski definition) is 5. The number of benzene rings is 6. The van der Waals surface area contributed by atoms with Crippen molar-refractivity contribution in [2.45, 2.75) is 97.1 Å². The van der Waals surface area contributed by atoms with Crippen LogP contribution in [0.1, 0.15) is 78.3 Å². The Morgan fingerprint density at radius 3 is 1.45 bits per heavy atom. The van der Waals surface area contributed by atoms with Crippen LogP contribution in [0.3, 0.4) is 0 Å². The molecule has 14 rings (SSSR count). The molecule has 103 heavy (non-hydrogen) atoms. The molecule has 8 N–H and O–H groups in total. The number of carbonyl (C=O) groups is 3. The highest BCUT2D eigenvalue weighted by Crippen LogP contribution is 2.39. The molecule has 0 radical (unpaired) electrons. The highest BCUT2D eigenvalue weighted by Gasteiger charge is 2.34. The van der Waals surface area contributed by atoms with Gasteiger partial charge in [0.25, 0.3) is 0 Å². The summed E-state index contributed by atoms with van der Waals surface area (Å²) >= 11 is 0. The van der Waals surface area contributed by atoms with Crippen molar-refractivity contribution in [3.63, 3.8) is 0 Å². The van der Waals surface area contributed by atoms with Crippen LogP contribution in [0, 0.1) is 0 Å². The maximum atomic E-state index is 12.2. The molecule has 4 unspecified atom stereocenters. The lowest BCUT2D eigenvalue weighted by atomic mass is 10.1. The summed E-state index contributed by atoms with van der Waals surface area (Å²) in [4.78, 5) is 75.2. The van der Waals surface area contributed by atoms with Gasteiger partial charge in [-0.05, 0) is 129 Å². The second kappa shape index (κ2) is 32.9. The van der Waals surface area contributed by atoms with Crippen molar-refractivity contribution >= 4 is 68.3 Å². The zero-order valence-electron chi connectivity index (χ0n) is 58.0. The van der Waals surface area contributed by atoms with Crippen LogP contribution in [0.5, 0.6) is 34.5 Å². The summed E-state index contributed by atoms with van der Waals surface area (Å²) in [6.07, 6.45) is 6.95. The number of carbonyl (C=O) groups excluding carboxylic acids is 3. The fraction of sp³-hybridized carbons (Fsp3) is 0.289. The predicted octanol–water partition coefficient (Wildman–Crippen LogP) is 11.6. The van der Waals surface area contributed by atoms with Gasteiger partial charge in [-0.1, -0.05) is 68.4 Å². The lowest BCUT2D eigenvalue weighted by molar-refractivity contribution is -0.131. The number of nitrogens with one attached hydrogen (secondary N) is 2. The number of likely N-dealkylation sites (N-methyl/N-ethyl adjacent to an activating group) is 2. The number of rotatable bonds is 23. The van der Waals surface area contributed by atoms with Gasteiger partial charge in [0.05, 0.1) is 60.2 Å². The van der Waals surface area contributed by atoms with E-state index in [2.05, 4.69) is 40.3 Å². The van der Waals surface area contributed by atoms with Crippen molar-refractivity contribution in [3.8, 4) is 68.3 Å². The lowest BCUT2D eigenvalue weighted by Crippen LogP contribution is -2.33. The second-order valence-electron chi connectivity index (χ2n) is 24.9. The number of ether oxygens (including phenoxy) is 5. The van der Waals surface area contributed by atoms with E-state index in [-0.39, 0.29) is 47.8 Å². The molecule has 2 aliphatic rings. The van der Waals surface area contributed by atoms with Gasteiger partial charge in [0.15, 0.2) is 16.9 Å². The summed E-state index contributed by atoms with van der Waals surface area (Å²) < 4.78 is 35.1. The van der Waals surface area contributed by atoms with Gasteiger partial charge in [0.1, 0.15) is 81.7 Å². The van der Waals surface area contributed by atoms with Gasteiger partial charge in [-0.3, -0.25) is 19.4 Å². The second-order valence-corrected chi connectivity index (χ2v) is 24.9. The number of aromatic nitrogens is 12. The Labute approximate surface area is 593 Å². The number of H-pyrrole nitrogens is 1. The summed E-state index contributed by atoms with van der Waals surface area (Å²) in [5.41, 5.74) is 24.5. The smallest absolute Gasteiger partial charge is 0.348 e. The van der Waals surface area contributed by atoms with E-state index in [1.165, 1.54) is 19.6 Å². The molecule has 2 fully saturated rings. The van der Waals surface area contributed by atoms with Crippen LogP contribution in [0.15, 0.2) is 181 Å². The van der Waals surface area contributed by atoms with Gasteiger partial charge in [-0.25, -0.2) is 38.8 Å². The van der Waals surface area contributed by atoms with E-state index in [0.29, 0.717) is 126 Å². The Balaban J connectivity index is 0.000000146. The fourth-order valence-corrected chi connectivity index (χ4v) is 12.4. The molecule has 0 saturated carbocycles. The van der Waals surface area contributed by atoms with Crippen LogP contribution in [0.25, 0.3) is 66.9 Å². The minimum absolute atomic E-state index is 0.0177. The number of nitrogens with two attached hydrogens (primary N) is 3. The first-order chi connectivity index (χ1) is 50.1. The fourth-order valence-electron chi connectivity index (χ4n) is 12.4. The average molecular weight is 1390 g/mol. The van der Waals surface area contributed by atoms with Gasteiger partial charge in [0.2, 0.25) is 17.7 Å². The number of aromatic amines is 1. The topological polar surface area (TPSA) is 345 Å². The molecule has 6 aromatic heterocycles. The number of nitrogen functional groups attached to an aromatic ring is 3. The summed E-state index contributed by atoms with van der Waals surface area (Å²) in [7, 11) is 1.83. The molecule has 2 saturated heterocycles. The Kier molecular flexibility index (Phi) is 22.6. The maximum Gasteiger partial charge on any atom is 0.348 e. The minimum Gasteiger partial charge on any atom is -0.457 e. The Hall–Kier alpha value is -12.1.